The van der Waals surface area contributed by atoms with Crippen molar-refractivity contribution in [3.05, 3.63) is 53.6 Å². The minimum atomic E-state index is -3.99. The summed E-state index contributed by atoms with van der Waals surface area (Å²) in [7, 11) is -2.61. The van der Waals surface area contributed by atoms with Crippen molar-refractivity contribution in [3.63, 3.8) is 0 Å². The number of carbonyl (C=O) groups excluding carboxylic acids is 1. The number of nitrogens with one attached hydrogen (secondary N) is 1. The average molecular weight is 363 g/mol. The van der Waals surface area contributed by atoms with Gasteiger partial charge in [-0.25, -0.2) is 10.2 Å². The predicted octanol–water partition coefficient (Wildman–Crippen LogP) is 1.77. The number of hydrogen-bond acceptors (Lipinski definition) is 6. The second kappa shape index (κ2) is 7.67. The third-order valence-corrected chi connectivity index (χ3v) is 4.33. The summed E-state index contributed by atoms with van der Waals surface area (Å²) < 4.78 is 35.0. The molecule has 2 aromatic rings. The number of rotatable bonds is 6. The molecule has 0 unspecified atom stereocenters. The molecular formula is C16H17N3O5S. The number of nitrogens with zero attached hydrogens (tertiary/aromatic N) is 1. The van der Waals surface area contributed by atoms with Crippen LogP contribution in [0.3, 0.4) is 0 Å². The van der Waals surface area contributed by atoms with Crippen LogP contribution in [0.1, 0.15) is 11.1 Å². The highest BCUT2D eigenvalue weighted by Crippen LogP contribution is 2.30. The van der Waals surface area contributed by atoms with Crippen molar-refractivity contribution >= 4 is 22.4 Å². The van der Waals surface area contributed by atoms with Gasteiger partial charge in [-0.05, 0) is 42.8 Å². The first-order chi connectivity index (χ1) is 11.8. The second-order valence-electron chi connectivity index (χ2n) is 5.00. The van der Waals surface area contributed by atoms with Crippen LogP contribution in [-0.4, -0.2) is 27.8 Å². The molecule has 0 aromatic heterocycles. The van der Waals surface area contributed by atoms with E-state index in [9.17, 15) is 13.2 Å². The lowest BCUT2D eigenvalue weighted by molar-refractivity contribution is 0.249. The monoisotopic (exact) mass is 363 g/mol. The number of hydrogen-bond donors (Lipinski definition) is 2. The number of nitrogens with two attached hydrogens (primary N) is 1. The molecular weight excluding hydrogens is 346 g/mol. The van der Waals surface area contributed by atoms with Crippen molar-refractivity contribution in [2.45, 2.75) is 11.8 Å². The van der Waals surface area contributed by atoms with E-state index in [2.05, 4.69) is 10.5 Å². The first kappa shape index (κ1) is 18.3. The summed E-state index contributed by atoms with van der Waals surface area (Å²) in [5, 5.41) is 3.61. The Morgan fingerprint density at radius 3 is 2.44 bits per heavy atom. The summed E-state index contributed by atoms with van der Waals surface area (Å²) in [6, 6.07) is 9.98. The fraction of sp³-hybridized carbons (Fsp3) is 0.125. The zero-order valence-electron chi connectivity index (χ0n) is 13.6. The molecule has 0 spiro atoms. The Morgan fingerprint density at radius 2 is 1.84 bits per heavy atom. The third-order valence-electron chi connectivity index (χ3n) is 3.09. The molecule has 0 radical (unpaired) electrons. The second-order valence-corrected chi connectivity index (χ2v) is 6.54. The predicted molar refractivity (Wildman–Crippen MR) is 92.3 cm³/mol. The van der Waals surface area contributed by atoms with Gasteiger partial charge in [0.2, 0.25) is 0 Å². The Balaban J connectivity index is 2.25. The van der Waals surface area contributed by atoms with Crippen LogP contribution in [0, 0.1) is 6.92 Å². The lowest BCUT2D eigenvalue weighted by Gasteiger charge is -2.11. The lowest BCUT2D eigenvalue weighted by Crippen LogP contribution is -2.24. The van der Waals surface area contributed by atoms with E-state index in [0.29, 0.717) is 5.56 Å². The van der Waals surface area contributed by atoms with Gasteiger partial charge in [0.1, 0.15) is 4.90 Å². The Hall–Kier alpha value is -3.07. The van der Waals surface area contributed by atoms with Crippen LogP contribution in [0.4, 0.5) is 4.79 Å². The van der Waals surface area contributed by atoms with E-state index in [1.807, 2.05) is 6.92 Å². The molecule has 0 heterocycles. The smallest absolute Gasteiger partial charge is 0.339 e. The van der Waals surface area contributed by atoms with Gasteiger partial charge >= 0.3 is 16.1 Å². The number of aryl methyl sites for hydroxylation is 1. The van der Waals surface area contributed by atoms with Crippen LogP contribution in [0.5, 0.6) is 11.5 Å². The van der Waals surface area contributed by atoms with Crippen molar-refractivity contribution in [1.29, 1.82) is 0 Å². The van der Waals surface area contributed by atoms with Gasteiger partial charge in [0.15, 0.2) is 11.5 Å². The van der Waals surface area contributed by atoms with Gasteiger partial charge in [0.25, 0.3) is 0 Å². The fourth-order valence-corrected chi connectivity index (χ4v) is 2.81. The molecule has 0 aliphatic carbocycles. The zero-order valence-corrected chi connectivity index (χ0v) is 14.4. The molecule has 2 rings (SSSR count). The Morgan fingerprint density at radius 1 is 1.16 bits per heavy atom. The summed E-state index contributed by atoms with van der Waals surface area (Å²) in [5.41, 5.74) is 8.43. The van der Waals surface area contributed by atoms with Gasteiger partial charge in [-0.1, -0.05) is 17.7 Å². The molecule has 0 atom stereocenters. The van der Waals surface area contributed by atoms with E-state index in [4.69, 9.17) is 14.7 Å². The van der Waals surface area contributed by atoms with E-state index < -0.39 is 16.1 Å². The van der Waals surface area contributed by atoms with E-state index >= 15 is 0 Å². The molecule has 132 valence electrons. The first-order valence-electron chi connectivity index (χ1n) is 7.09. The number of urea groups is 1. The topological polar surface area (TPSA) is 120 Å². The normalized spacial score (nSPS) is 11.3. The molecule has 0 bridgehead atoms. The Bertz CT molecular complexity index is 892. The van der Waals surface area contributed by atoms with Gasteiger partial charge in [0.05, 0.1) is 13.3 Å². The van der Waals surface area contributed by atoms with E-state index in [0.717, 1.165) is 5.56 Å². The number of benzene rings is 2. The molecule has 8 nitrogen and oxygen atoms in total. The minimum absolute atomic E-state index is 0.0306. The lowest BCUT2D eigenvalue weighted by atomic mass is 10.2. The molecule has 0 fully saturated rings. The van der Waals surface area contributed by atoms with Gasteiger partial charge in [-0.15, -0.1) is 0 Å². The van der Waals surface area contributed by atoms with Crippen LogP contribution in [-0.2, 0) is 10.1 Å². The third kappa shape index (κ3) is 4.95. The fourth-order valence-electron chi connectivity index (χ4n) is 1.87. The standard InChI is InChI=1S/C16H17N3O5S/c1-11-3-6-13(7-4-11)25(21,22)24-14-8-5-12(9-15(14)23-2)10-18-19-16(17)20/h3-10H,1-2H3,(H3,17,19,20). The number of carbonyl (C=O) groups is 1. The van der Waals surface area contributed by atoms with Crippen LogP contribution in [0.15, 0.2) is 52.5 Å². The van der Waals surface area contributed by atoms with Crippen molar-refractivity contribution in [2.75, 3.05) is 7.11 Å². The van der Waals surface area contributed by atoms with Crippen molar-refractivity contribution in [2.24, 2.45) is 10.8 Å². The highest BCUT2D eigenvalue weighted by molar-refractivity contribution is 7.87. The first-order valence-corrected chi connectivity index (χ1v) is 8.50. The summed E-state index contributed by atoms with van der Waals surface area (Å²) in [5.74, 6) is 0.224. The highest BCUT2D eigenvalue weighted by Gasteiger charge is 2.19. The molecule has 0 saturated carbocycles. The van der Waals surface area contributed by atoms with Crippen LogP contribution in [0.25, 0.3) is 0 Å². The number of primary amides is 1. The van der Waals surface area contributed by atoms with E-state index in [-0.39, 0.29) is 16.4 Å². The van der Waals surface area contributed by atoms with Crippen molar-refractivity contribution in [1.82, 2.24) is 5.43 Å². The van der Waals surface area contributed by atoms with Crippen LogP contribution in [0.2, 0.25) is 0 Å². The number of amides is 2. The molecule has 9 heteroatoms. The number of methoxy groups -OCH3 is 1. The van der Waals surface area contributed by atoms with Crippen molar-refractivity contribution in [3.8, 4) is 11.5 Å². The van der Waals surface area contributed by atoms with Crippen LogP contribution >= 0.6 is 0 Å². The van der Waals surface area contributed by atoms with Gasteiger partial charge < -0.3 is 14.7 Å². The molecule has 0 saturated heterocycles. The quantitative estimate of drug-likeness (QED) is 0.460. The average Bonchev–Trinajstić information content (AvgIpc) is 2.56. The molecule has 25 heavy (non-hydrogen) atoms. The molecule has 3 N–H and O–H groups in total. The summed E-state index contributed by atoms with van der Waals surface area (Å²) in [6.07, 6.45) is 1.32. The maximum Gasteiger partial charge on any atom is 0.339 e. The van der Waals surface area contributed by atoms with Gasteiger partial charge in [-0.2, -0.15) is 13.5 Å². The van der Waals surface area contributed by atoms with E-state index in [1.165, 1.54) is 37.6 Å². The summed E-state index contributed by atoms with van der Waals surface area (Å²) >= 11 is 0. The maximum atomic E-state index is 12.3. The minimum Gasteiger partial charge on any atom is -0.493 e. The van der Waals surface area contributed by atoms with E-state index in [1.54, 1.807) is 18.2 Å². The largest absolute Gasteiger partial charge is 0.493 e. The highest BCUT2D eigenvalue weighted by atomic mass is 32.2. The Kier molecular flexibility index (Phi) is 5.60. The SMILES string of the molecule is COc1cc(C=NNC(N)=O)ccc1OS(=O)(=O)c1ccc(C)cc1. The Labute approximate surface area is 145 Å². The van der Waals surface area contributed by atoms with Gasteiger partial charge in [-0.3, -0.25) is 0 Å². The summed E-state index contributed by atoms with van der Waals surface area (Å²) in [4.78, 5) is 10.6. The number of ether oxygens (including phenoxy) is 1. The molecule has 0 aliphatic heterocycles. The van der Waals surface area contributed by atoms with Gasteiger partial charge in [0, 0.05) is 0 Å². The summed E-state index contributed by atoms with van der Waals surface area (Å²) in [6.45, 7) is 1.85. The zero-order chi connectivity index (χ0) is 18.4. The van der Waals surface area contributed by atoms with Crippen LogP contribution < -0.4 is 20.1 Å². The van der Waals surface area contributed by atoms with Crippen molar-refractivity contribution < 1.29 is 22.1 Å². The molecule has 2 amide bonds. The number of hydrazone groups is 1. The molecule has 0 aliphatic rings. The maximum absolute atomic E-state index is 12.3. The molecule has 2 aromatic carbocycles.